The number of carbonyl (C=O) groups excluding carboxylic acids is 2. The van der Waals surface area contributed by atoms with Crippen LogP contribution in [0.15, 0.2) is 29.2 Å². The molecule has 2 atom stereocenters. The van der Waals surface area contributed by atoms with Crippen LogP contribution < -0.4 is 10.7 Å². The summed E-state index contributed by atoms with van der Waals surface area (Å²) < 4.78 is 34.1. The molecule has 2 amide bonds. The van der Waals surface area contributed by atoms with Crippen LogP contribution in [0.2, 0.25) is 0 Å². The molecule has 0 radical (unpaired) electrons. The van der Waals surface area contributed by atoms with Crippen molar-refractivity contribution in [1.82, 2.24) is 14.8 Å². The number of carbonyl (C=O) groups is 2. The maximum atomic E-state index is 13.8. The van der Waals surface area contributed by atoms with Gasteiger partial charge in [-0.3, -0.25) is 14.4 Å². The molecule has 0 saturated carbocycles. The number of nitrogens with zero attached hydrogens (tertiary/aromatic N) is 2. The second-order valence-electron chi connectivity index (χ2n) is 7.59. The fraction of sp³-hybridized carbons (Fsp3) is 0.435. The lowest BCUT2D eigenvalue weighted by Gasteiger charge is -2.44. The first-order valence-electron chi connectivity index (χ1n) is 10.7. The monoisotopic (exact) mass is 447 g/mol. The van der Waals surface area contributed by atoms with Crippen molar-refractivity contribution >= 4 is 11.8 Å². The maximum absolute atomic E-state index is 13.8. The van der Waals surface area contributed by atoms with Crippen molar-refractivity contribution in [2.45, 2.75) is 59.5 Å². The third-order valence-corrected chi connectivity index (χ3v) is 5.63. The Hall–Kier alpha value is -3.07. The lowest BCUT2D eigenvalue weighted by Crippen LogP contribution is -2.57. The van der Waals surface area contributed by atoms with E-state index in [1.165, 1.54) is 19.2 Å². The molecule has 1 N–H and O–H groups in total. The second kappa shape index (κ2) is 9.60. The van der Waals surface area contributed by atoms with E-state index in [-0.39, 0.29) is 40.9 Å². The smallest absolute Gasteiger partial charge is 0.273 e. The summed E-state index contributed by atoms with van der Waals surface area (Å²) >= 11 is 0. The molecule has 3 heterocycles. The van der Waals surface area contributed by atoms with Crippen LogP contribution in [0.3, 0.4) is 0 Å². The third kappa shape index (κ3) is 4.29. The van der Waals surface area contributed by atoms with Crippen LogP contribution in [-0.2, 0) is 17.8 Å². The van der Waals surface area contributed by atoms with Gasteiger partial charge in [-0.1, -0.05) is 19.9 Å². The van der Waals surface area contributed by atoms with Crippen molar-refractivity contribution in [1.29, 1.82) is 0 Å². The Bertz CT molecular complexity index is 1100. The van der Waals surface area contributed by atoms with Crippen molar-refractivity contribution in [3.63, 3.8) is 0 Å². The molecule has 1 aromatic heterocycles. The van der Waals surface area contributed by atoms with E-state index in [1.54, 1.807) is 9.47 Å². The first kappa shape index (κ1) is 23.6. The van der Waals surface area contributed by atoms with Crippen LogP contribution in [0.4, 0.5) is 8.78 Å². The van der Waals surface area contributed by atoms with Gasteiger partial charge in [-0.05, 0) is 26.3 Å². The van der Waals surface area contributed by atoms with E-state index in [0.717, 1.165) is 12.1 Å². The van der Waals surface area contributed by atoms with Crippen LogP contribution in [0.1, 0.15) is 59.2 Å². The Labute approximate surface area is 185 Å². The van der Waals surface area contributed by atoms with Crippen LogP contribution in [0.25, 0.3) is 0 Å². The number of pyridine rings is 1. The molecule has 0 aliphatic carbocycles. The van der Waals surface area contributed by atoms with Gasteiger partial charge in [-0.15, -0.1) is 0 Å². The summed E-state index contributed by atoms with van der Waals surface area (Å²) in [7, 11) is 0. The number of benzene rings is 1. The molecule has 2 unspecified atom stereocenters. The number of hydrogen-bond acceptors (Lipinski definition) is 4. The highest BCUT2D eigenvalue weighted by atomic mass is 19.1. The number of aromatic nitrogens is 1. The van der Waals surface area contributed by atoms with Crippen molar-refractivity contribution in [2.24, 2.45) is 0 Å². The number of fused-ring (bicyclic) bond motifs is 2. The van der Waals surface area contributed by atoms with E-state index in [2.05, 4.69) is 5.32 Å². The Kier molecular flexibility index (Phi) is 7.08. The molecule has 172 valence electrons. The summed E-state index contributed by atoms with van der Waals surface area (Å²) in [6.07, 6.45) is 1.60. The summed E-state index contributed by atoms with van der Waals surface area (Å²) in [6.45, 7) is 8.08. The fourth-order valence-corrected chi connectivity index (χ4v) is 3.97. The van der Waals surface area contributed by atoms with Gasteiger partial charge < -0.3 is 19.5 Å². The van der Waals surface area contributed by atoms with Gasteiger partial charge in [0.15, 0.2) is 11.7 Å². The minimum Gasteiger partial charge on any atom is -0.356 e. The molecule has 0 spiro atoms. The Morgan fingerprint density at radius 1 is 1.25 bits per heavy atom. The average molecular weight is 447 g/mol. The van der Waals surface area contributed by atoms with E-state index < -0.39 is 29.2 Å². The predicted octanol–water partition coefficient (Wildman–Crippen LogP) is 2.98. The molecular formula is C23H27F2N3O4. The molecule has 2 aromatic rings. The third-order valence-electron chi connectivity index (χ3n) is 5.63. The van der Waals surface area contributed by atoms with Gasteiger partial charge in [0.05, 0.1) is 13.2 Å². The van der Waals surface area contributed by atoms with Gasteiger partial charge in [-0.2, -0.15) is 0 Å². The van der Waals surface area contributed by atoms with E-state index in [0.29, 0.717) is 19.6 Å². The highest BCUT2D eigenvalue weighted by molar-refractivity contribution is 5.98. The molecule has 1 fully saturated rings. The Morgan fingerprint density at radius 2 is 1.97 bits per heavy atom. The minimum absolute atomic E-state index is 0.00640. The molecule has 1 saturated heterocycles. The molecule has 0 bridgehead atoms. The molecule has 7 nitrogen and oxygen atoms in total. The molecule has 4 rings (SSSR count). The Balaban J connectivity index is 0.00000141. The highest BCUT2D eigenvalue weighted by Gasteiger charge is 2.40. The van der Waals surface area contributed by atoms with Crippen molar-refractivity contribution < 1.29 is 23.1 Å². The van der Waals surface area contributed by atoms with Crippen molar-refractivity contribution in [3.05, 3.63) is 68.6 Å². The van der Waals surface area contributed by atoms with Gasteiger partial charge in [0.25, 0.3) is 11.8 Å². The molecule has 2 aliphatic heterocycles. The number of nitrogens with one attached hydrogen (secondary N) is 1. The largest absolute Gasteiger partial charge is 0.356 e. The Morgan fingerprint density at radius 3 is 2.66 bits per heavy atom. The van der Waals surface area contributed by atoms with E-state index in [4.69, 9.17) is 4.74 Å². The summed E-state index contributed by atoms with van der Waals surface area (Å²) in [6, 6.07) is 3.03. The van der Waals surface area contributed by atoms with Crippen LogP contribution in [-0.4, -0.2) is 40.2 Å². The molecule has 2 aliphatic rings. The zero-order valence-electron chi connectivity index (χ0n) is 18.6. The summed E-state index contributed by atoms with van der Waals surface area (Å²) in [5.41, 5.74) is -0.193. The van der Waals surface area contributed by atoms with Crippen LogP contribution in [0.5, 0.6) is 0 Å². The lowest BCUT2D eigenvalue weighted by atomic mass is 10.0. The number of halogens is 2. The van der Waals surface area contributed by atoms with Crippen molar-refractivity contribution in [2.75, 3.05) is 6.61 Å². The van der Waals surface area contributed by atoms with Crippen molar-refractivity contribution in [3.8, 4) is 0 Å². The molecule has 32 heavy (non-hydrogen) atoms. The van der Waals surface area contributed by atoms with Gasteiger partial charge in [0.1, 0.15) is 22.9 Å². The number of hydrogen-bond donors (Lipinski definition) is 1. The summed E-state index contributed by atoms with van der Waals surface area (Å²) in [5.74, 6) is -2.50. The van der Waals surface area contributed by atoms with Crippen LogP contribution in [0, 0.1) is 18.6 Å². The maximum Gasteiger partial charge on any atom is 0.273 e. The van der Waals surface area contributed by atoms with Crippen LogP contribution >= 0.6 is 0 Å². The summed E-state index contributed by atoms with van der Waals surface area (Å²) in [4.78, 5) is 40.1. The first-order valence-corrected chi connectivity index (χ1v) is 10.7. The standard InChI is InChI=1S/C21H21F2N3O4.C2H6/c1-11-5-6-30-17-10-25-9-15(19(27)12(2)18(25)21(29)26(11)17)20(28)24-8-13-3-4-14(22)7-16(13)23;1-2/h3-4,7,9,11,17H,5-6,8,10H2,1-2H3,(H,24,28);1-2H3. The highest BCUT2D eigenvalue weighted by Crippen LogP contribution is 2.27. The number of rotatable bonds is 3. The fourth-order valence-electron chi connectivity index (χ4n) is 3.97. The number of ether oxygens (including phenoxy) is 1. The molecule has 9 heteroatoms. The second-order valence-corrected chi connectivity index (χ2v) is 7.59. The minimum atomic E-state index is -0.789. The zero-order chi connectivity index (χ0) is 23.6. The van der Waals surface area contributed by atoms with E-state index in [1.807, 2.05) is 20.8 Å². The SMILES string of the molecule is CC.Cc1c2n(cc(C(=O)NCc3ccc(F)cc3F)c1=O)CC1OCCC(C)N1C2=O. The van der Waals surface area contributed by atoms with Gasteiger partial charge in [-0.25, -0.2) is 8.78 Å². The first-order chi connectivity index (χ1) is 15.3. The van der Waals surface area contributed by atoms with Gasteiger partial charge >= 0.3 is 0 Å². The van der Waals surface area contributed by atoms with Gasteiger partial charge in [0, 0.05) is 36.0 Å². The average Bonchev–Trinajstić information content (AvgIpc) is 2.76. The number of amides is 2. The zero-order valence-corrected chi connectivity index (χ0v) is 18.6. The topological polar surface area (TPSA) is 80.6 Å². The molecular weight excluding hydrogens is 420 g/mol. The normalized spacial score (nSPS) is 19.4. The quantitative estimate of drug-likeness (QED) is 0.785. The lowest BCUT2D eigenvalue weighted by molar-refractivity contribution is -0.112. The molecule has 1 aromatic carbocycles. The van der Waals surface area contributed by atoms with Gasteiger partial charge in [0.2, 0.25) is 0 Å². The summed E-state index contributed by atoms with van der Waals surface area (Å²) in [5, 5.41) is 2.48. The van der Waals surface area contributed by atoms with E-state index in [9.17, 15) is 23.2 Å². The van der Waals surface area contributed by atoms with E-state index >= 15 is 0 Å². The predicted molar refractivity (Wildman–Crippen MR) is 114 cm³/mol.